The smallest absolute Gasteiger partial charge is 0.202 e. The molecule has 2 aliphatic carbocycles. The first-order valence-corrected chi connectivity index (χ1v) is 12.5. The molecule has 0 aromatic heterocycles. The molecular weight excluding hydrogens is 583 g/mol. The number of fused-ring (bicyclic) bond motifs is 3. The Morgan fingerprint density at radius 3 is 2.39 bits per heavy atom. The molecule has 6 atom stereocenters. The van der Waals surface area contributed by atoms with E-state index in [0.29, 0.717) is 0 Å². The zero-order chi connectivity index (χ0) is 28.4. The predicted octanol–water partition coefficient (Wildman–Crippen LogP) is 0.811. The van der Waals surface area contributed by atoms with Crippen LogP contribution in [0.15, 0.2) is 18.2 Å². The molecule has 2 aromatic rings. The molecule has 12 nitrogen and oxygen atoms in total. The topological polar surface area (TPSA) is 212 Å². The molecule has 3 aliphatic rings. The van der Waals surface area contributed by atoms with Gasteiger partial charge in [-0.25, -0.2) is 0 Å². The van der Waals surface area contributed by atoms with Crippen molar-refractivity contribution in [1.82, 2.24) is 0 Å². The first-order chi connectivity index (χ1) is 18.4. The van der Waals surface area contributed by atoms with Crippen LogP contribution in [0.1, 0.15) is 68.8 Å². The molecule has 8 N–H and O–H groups in total. The number of carbonyl (C=O) groups is 3. The fraction of sp³-hybridized carbons (Fsp3) is 0.444. The van der Waals surface area contributed by atoms with Gasteiger partial charge in [-0.15, -0.1) is 24.8 Å². The van der Waals surface area contributed by atoms with Crippen LogP contribution < -0.4 is 16.2 Å². The maximum Gasteiger partial charge on any atom is 0.202 e. The van der Waals surface area contributed by atoms with E-state index in [1.54, 1.807) is 0 Å². The summed E-state index contributed by atoms with van der Waals surface area (Å²) in [7, 11) is 1.33. The highest BCUT2D eigenvalue weighted by Gasteiger charge is 2.49. The van der Waals surface area contributed by atoms with Gasteiger partial charge in [0.05, 0.1) is 36.0 Å². The second-order valence-electron chi connectivity index (χ2n) is 10.2. The van der Waals surface area contributed by atoms with Crippen molar-refractivity contribution in [2.24, 2.45) is 11.5 Å². The van der Waals surface area contributed by atoms with E-state index in [-0.39, 0.29) is 72.2 Å². The fourth-order valence-corrected chi connectivity index (χ4v) is 5.74. The number of methoxy groups -OCH3 is 1. The molecule has 0 amide bonds. The van der Waals surface area contributed by atoms with E-state index in [4.69, 9.17) is 25.7 Å². The third kappa shape index (κ3) is 5.08. The van der Waals surface area contributed by atoms with Crippen molar-refractivity contribution in [2.75, 3.05) is 13.7 Å². The van der Waals surface area contributed by atoms with Crippen LogP contribution in [-0.4, -0.2) is 81.6 Å². The van der Waals surface area contributed by atoms with E-state index in [1.807, 2.05) is 0 Å². The largest absolute Gasteiger partial charge is 0.507 e. The van der Waals surface area contributed by atoms with E-state index < -0.39 is 82.6 Å². The Hall–Kier alpha value is -2.81. The van der Waals surface area contributed by atoms with E-state index in [9.17, 15) is 34.8 Å². The zero-order valence-corrected chi connectivity index (χ0v) is 23.8. The first-order valence-electron chi connectivity index (χ1n) is 12.5. The van der Waals surface area contributed by atoms with Crippen LogP contribution >= 0.6 is 24.8 Å². The van der Waals surface area contributed by atoms with E-state index in [0.717, 1.165) is 0 Å². The Kier molecular flexibility index (Phi) is 9.43. The first kappa shape index (κ1) is 32.7. The summed E-state index contributed by atoms with van der Waals surface area (Å²) in [6.07, 6.45) is -5.03. The average molecular weight is 615 g/mol. The summed E-state index contributed by atoms with van der Waals surface area (Å²) in [5, 5.41) is 44.3. The van der Waals surface area contributed by atoms with E-state index in [1.165, 1.54) is 32.2 Å². The number of phenolic OH excluding ortho intramolecular Hbond substituents is 2. The van der Waals surface area contributed by atoms with Crippen molar-refractivity contribution >= 4 is 42.2 Å². The van der Waals surface area contributed by atoms with Gasteiger partial charge in [-0.3, -0.25) is 14.4 Å². The minimum atomic E-state index is -2.03. The standard InChI is InChI=1S/C27H30N2O10.2ClH/c1-10(30)27(36)7-12-19(15(8-27)38-17-6-13(29)24(33)16(9-28)39-17)26(35)21-20(23(12)32)22(31)11-4-3-5-14(37-2)18(11)25(21)34;;/h3-5,13,15-17,24,32-33,35-36H,6-9,28-29H2,1-2H3;2*1H. The number of benzene rings is 2. The summed E-state index contributed by atoms with van der Waals surface area (Å²) in [6, 6.07) is 3.65. The number of hydrogen-bond donors (Lipinski definition) is 6. The van der Waals surface area contributed by atoms with Crippen molar-refractivity contribution in [3.05, 3.63) is 51.6 Å². The minimum absolute atomic E-state index is 0. The molecule has 6 unspecified atom stereocenters. The number of aliphatic hydroxyl groups is 2. The molecule has 1 aliphatic heterocycles. The number of aromatic hydroxyl groups is 2. The molecule has 0 bridgehead atoms. The van der Waals surface area contributed by atoms with E-state index in [2.05, 4.69) is 0 Å². The number of hydrogen-bond acceptors (Lipinski definition) is 12. The zero-order valence-electron chi connectivity index (χ0n) is 22.2. The number of Topliss-reactive ketones (excluding diaryl/α,β-unsaturated/α-hetero) is 1. The SMILES string of the molecule is COc1cccc2c1C(=O)c1c(O)c3c(c(O)c1C2=O)CC(O)(C(C)=O)CC3OC1CC(N)C(O)C(CN)O1.Cl.Cl. The van der Waals surface area contributed by atoms with Crippen LogP contribution in [-0.2, 0) is 20.7 Å². The van der Waals surface area contributed by atoms with Gasteiger partial charge in [-0.1, -0.05) is 12.1 Å². The van der Waals surface area contributed by atoms with Crippen LogP contribution in [0.4, 0.5) is 0 Å². The van der Waals surface area contributed by atoms with Gasteiger partial charge in [0.1, 0.15) is 29.0 Å². The van der Waals surface area contributed by atoms with Gasteiger partial charge >= 0.3 is 0 Å². The van der Waals surface area contributed by atoms with Gasteiger partial charge in [0.15, 0.2) is 17.9 Å². The summed E-state index contributed by atoms with van der Waals surface area (Å²) < 4.78 is 17.1. The van der Waals surface area contributed by atoms with Crippen molar-refractivity contribution in [2.45, 2.75) is 62.4 Å². The van der Waals surface area contributed by atoms with Crippen LogP contribution in [0.25, 0.3) is 0 Å². The summed E-state index contributed by atoms with van der Waals surface area (Å²) in [5.41, 5.74) is 8.55. The highest BCUT2D eigenvalue weighted by atomic mass is 35.5. The summed E-state index contributed by atoms with van der Waals surface area (Å²) >= 11 is 0. The summed E-state index contributed by atoms with van der Waals surface area (Å²) in [6.45, 7) is 1.10. The van der Waals surface area contributed by atoms with Crippen LogP contribution in [0.5, 0.6) is 17.2 Å². The quantitative estimate of drug-likeness (QED) is 0.220. The number of nitrogens with two attached hydrogens (primary N) is 2. The average Bonchev–Trinajstić information content (AvgIpc) is 2.90. The molecule has 2 aromatic carbocycles. The molecule has 14 heteroatoms. The molecule has 1 heterocycles. The predicted molar refractivity (Wildman–Crippen MR) is 148 cm³/mol. The minimum Gasteiger partial charge on any atom is -0.507 e. The lowest BCUT2D eigenvalue weighted by atomic mass is 9.72. The molecule has 0 radical (unpaired) electrons. The lowest BCUT2D eigenvalue weighted by molar-refractivity contribution is -0.248. The lowest BCUT2D eigenvalue weighted by Crippen LogP contribution is -2.55. The molecule has 1 fully saturated rings. The van der Waals surface area contributed by atoms with Gasteiger partial charge in [0, 0.05) is 48.5 Å². The normalized spacial score (nSPS) is 28.4. The molecular formula is C27H32Cl2N2O10. The number of carbonyl (C=O) groups excluding carboxylic acids is 3. The summed E-state index contributed by atoms with van der Waals surface area (Å²) in [4.78, 5) is 39.7. The van der Waals surface area contributed by atoms with Crippen LogP contribution in [0.2, 0.25) is 0 Å². The number of phenols is 2. The number of aliphatic hydroxyl groups excluding tert-OH is 1. The Morgan fingerprint density at radius 1 is 1.12 bits per heavy atom. The Bertz CT molecular complexity index is 1400. The Balaban J connectivity index is 0.00000231. The third-order valence-electron chi connectivity index (χ3n) is 7.89. The van der Waals surface area contributed by atoms with Gasteiger partial charge in [-0.05, 0) is 13.0 Å². The van der Waals surface area contributed by atoms with Crippen molar-refractivity contribution < 1.29 is 49.0 Å². The number of rotatable bonds is 5. The fourth-order valence-electron chi connectivity index (χ4n) is 5.74. The second-order valence-corrected chi connectivity index (χ2v) is 10.2. The molecule has 0 spiro atoms. The Labute approximate surface area is 247 Å². The number of ketones is 3. The van der Waals surface area contributed by atoms with Crippen LogP contribution in [0, 0.1) is 0 Å². The Morgan fingerprint density at radius 2 is 1.78 bits per heavy atom. The van der Waals surface area contributed by atoms with E-state index >= 15 is 0 Å². The highest BCUT2D eigenvalue weighted by molar-refractivity contribution is 6.31. The maximum atomic E-state index is 13.7. The lowest BCUT2D eigenvalue weighted by Gasteiger charge is -2.42. The van der Waals surface area contributed by atoms with Crippen LogP contribution in [0.3, 0.4) is 0 Å². The van der Waals surface area contributed by atoms with Gasteiger partial charge < -0.3 is 46.1 Å². The molecule has 1 saturated heterocycles. The molecule has 5 rings (SSSR count). The molecule has 41 heavy (non-hydrogen) atoms. The third-order valence-corrected chi connectivity index (χ3v) is 7.89. The monoisotopic (exact) mass is 614 g/mol. The van der Waals surface area contributed by atoms with Crippen molar-refractivity contribution in [1.29, 1.82) is 0 Å². The van der Waals surface area contributed by atoms with Gasteiger partial charge in [0.25, 0.3) is 0 Å². The molecule has 224 valence electrons. The van der Waals surface area contributed by atoms with Crippen molar-refractivity contribution in [3.63, 3.8) is 0 Å². The maximum absolute atomic E-state index is 13.7. The van der Waals surface area contributed by atoms with Crippen molar-refractivity contribution in [3.8, 4) is 17.2 Å². The highest BCUT2D eigenvalue weighted by Crippen LogP contribution is 2.52. The number of halogens is 2. The number of ether oxygens (including phenoxy) is 3. The van der Waals surface area contributed by atoms with Gasteiger partial charge in [0.2, 0.25) is 5.78 Å². The second kappa shape index (κ2) is 11.8. The summed E-state index contributed by atoms with van der Waals surface area (Å²) in [5.74, 6) is -3.27. The molecule has 0 saturated carbocycles. The van der Waals surface area contributed by atoms with Gasteiger partial charge in [-0.2, -0.15) is 0 Å².